The van der Waals surface area contributed by atoms with Gasteiger partial charge in [-0.1, -0.05) is 6.58 Å². The van der Waals surface area contributed by atoms with E-state index < -0.39 is 0 Å². The quantitative estimate of drug-likeness (QED) is 0.718. The lowest BCUT2D eigenvalue weighted by molar-refractivity contribution is 0.355. The van der Waals surface area contributed by atoms with E-state index in [2.05, 4.69) is 6.58 Å². The second kappa shape index (κ2) is 4.27. The largest absolute Gasteiger partial charge is 0.493 e. The third kappa shape index (κ3) is 1.51. The van der Waals surface area contributed by atoms with Crippen molar-refractivity contribution >= 4 is 5.57 Å². The summed E-state index contributed by atoms with van der Waals surface area (Å²) >= 11 is 0. The molecule has 0 aliphatic heterocycles. The molecule has 2 aromatic rings. The highest BCUT2D eigenvalue weighted by Gasteiger charge is 2.31. The van der Waals surface area contributed by atoms with E-state index in [0.29, 0.717) is 17.3 Å². The third-order valence-corrected chi connectivity index (χ3v) is 3.56. The van der Waals surface area contributed by atoms with Crippen molar-refractivity contribution < 1.29 is 13.9 Å². The van der Waals surface area contributed by atoms with Crippen LogP contribution >= 0.6 is 0 Å². The molecule has 1 aromatic heterocycles. The smallest absolute Gasteiger partial charge is 0.336 e. The van der Waals surface area contributed by atoms with E-state index >= 15 is 0 Å². The lowest BCUT2D eigenvalue weighted by Crippen LogP contribution is -2.01. The summed E-state index contributed by atoms with van der Waals surface area (Å²) in [5.41, 5.74) is 3.77. The minimum atomic E-state index is -0.383. The number of benzene rings is 1. The van der Waals surface area contributed by atoms with E-state index in [1.54, 1.807) is 14.2 Å². The van der Waals surface area contributed by atoms with Crippen LogP contribution < -0.4 is 15.1 Å². The minimum absolute atomic E-state index is 0.383. The van der Waals surface area contributed by atoms with Gasteiger partial charge in [0.25, 0.3) is 0 Å². The maximum Gasteiger partial charge on any atom is 0.336 e. The number of hydrogen-bond donors (Lipinski definition) is 0. The number of hydrogen-bond acceptors (Lipinski definition) is 4. The molecule has 1 aliphatic carbocycles. The fraction of sp³-hybridized carbons (Fsp3) is 0.188. The molecule has 0 atom stereocenters. The zero-order chi connectivity index (χ0) is 14.4. The van der Waals surface area contributed by atoms with Crippen LogP contribution in [0.3, 0.4) is 0 Å². The van der Waals surface area contributed by atoms with Crippen LogP contribution in [-0.2, 0) is 0 Å². The van der Waals surface area contributed by atoms with E-state index in [4.69, 9.17) is 13.9 Å². The Morgan fingerprint density at radius 1 is 1.15 bits per heavy atom. The van der Waals surface area contributed by atoms with Crippen LogP contribution in [0.5, 0.6) is 11.5 Å². The summed E-state index contributed by atoms with van der Waals surface area (Å²) in [5.74, 6) is 1.65. The Hall–Kier alpha value is -2.49. The summed E-state index contributed by atoms with van der Waals surface area (Å²) in [7, 11) is 3.13. The molecule has 0 radical (unpaired) electrons. The lowest BCUT2D eigenvalue weighted by Gasteiger charge is -2.11. The Morgan fingerprint density at radius 3 is 2.55 bits per heavy atom. The molecule has 3 rings (SSSR count). The van der Waals surface area contributed by atoms with Crippen molar-refractivity contribution in [3.05, 3.63) is 51.9 Å². The molecule has 4 heteroatoms. The second-order valence-electron chi connectivity index (χ2n) is 4.65. The molecule has 0 unspecified atom stereocenters. The van der Waals surface area contributed by atoms with Crippen molar-refractivity contribution in [1.29, 1.82) is 0 Å². The molecule has 0 bridgehead atoms. The van der Waals surface area contributed by atoms with Crippen LogP contribution in [0, 0.1) is 6.92 Å². The van der Waals surface area contributed by atoms with Gasteiger partial charge in [-0.15, -0.1) is 0 Å². The maximum atomic E-state index is 11.7. The first kappa shape index (κ1) is 12.5. The van der Waals surface area contributed by atoms with Gasteiger partial charge < -0.3 is 13.9 Å². The molecular formula is C16H14O4. The summed E-state index contributed by atoms with van der Waals surface area (Å²) < 4.78 is 16.1. The van der Waals surface area contributed by atoms with E-state index in [1.165, 1.54) is 6.07 Å². The van der Waals surface area contributed by atoms with Crippen LogP contribution in [0.4, 0.5) is 0 Å². The Labute approximate surface area is 116 Å². The standard InChI is InChI=1S/C16H14O4/c1-8-7-12(17)20-16-13(8)9(2)10-5-6-11(18-3)15(19-4)14(10)16/h5-7H,2H2,1,3-4H3. The van der Waals surface area contributed by atoms with Gasteiger partial charge in [-0.05, 0) is 35.8 Å². The summed E-state index contributed by atoms with van der Waals surface area (Å²) in [6.07, 6.45) is 0. The fourth-order valence-corrected chi connectivity index (χ4v) is 2.70. The predicted molar refractivity (Wildman–Crippen MR) is 76.4 cm³/mol. The fourth-order valence-electron chi connectivity index (χ4n) is 2.70. The molecule has 102 valence electrons. The first-order valence-corrected chi connectivity index (χ1v) is 6.18. The first-order valence-electron chi connectivity index (χ1n) is 6.18. The third-order valence-electron chi connectivity index (χ3n) is 3.56. The number of fused-ring (bicyclic) bond motifs is 3. The molecule has 0 fully saturated rings. The average Bonchev–Trinajstić information content (AvgIpc) is 2.71. The summed E-state index contributed by atoms with van der Waals surface area (Å²) in [6, 6.07) is 5.19. The topological polar surface area (TPSA) is 48.7 Å². The second-order valence-corrected chi connectivity index (χ2v) is 4.65. The Kier molecular flexibility index (Phi) is 2.67. The molecule has 0 amide bonds. The number of aryl methyl sites for hydroxylation is 1. The van der Waals surface area contributed by atoms with Gasteiger partial charge in [-0.25, -0.2) is 4.79 Å². The number of methoxy groups -OCH3 is 2. The van der Waals surface area contributed by atoms with E-state index in [9.17, 15) is 4.79 Å². The average molecular weight is 270 g/mol. The molecule has 20 heavy (non-hydrogen) atoms. The van der Waals surface area contributed by atoms with Crippen LogP contribution in [0.1, 0.15) is 16.7 Å². The maximum absolute atomic E-state index is 11.7. The Balaban J connectivity index is 2.45. The van der Waals surface area contributed by atoms with Crippen molar-refractivity contribution in [3.8, 4) is 22.8 Å². The van der Waals surface area contributed by atoms with Gasteiger partial charge in [0.05, 0.1) is 19.8 Å². The highest BCUT2D eigenvalue weighted by Crippen LogP contribution is 2.51. The van der Waals surface area contributed by atoms with Crippen LogP contribution in [-0.4, -0.2) is 14.2 Å². The molecule has 0 N–H and O–H groups in total. The monoisotopic (exact) mass is 270 g/mol. The molecule has 0 spiro atoms. The molecule has 1 aromatic carbocycles. The number of ether oxygens (including phenoxy) is 2. The normalized spacial score (nSPS) is 12.1. The van der Waals surface area contributed by atoms with Gasteiger partial charge in [-0.3, -0.25) is 0 Å². The van der Waals surface area contributed by atoms with Gasteiger partial charge in [-0.2, -0.15) is 0 Å². The highest BCUT2D eigenvalue weighted by atomic mass is 16.5. The van der Waals surface area contributed by atoms with Gasteiger partial charge >= 0.3 is 5.63 Å². The Bertz CT molecular complexity index is 784. The van der Waals surface area contributed by atoms with Crippen LogP contribution in [0.2, 0.25) is 0 Å². The highest BCUT2D eigenvalue weighted by molar-refractivity contribution is 6.02. The van der Waals surface area contributed by atoms with E-state index in [-0.39, 0.29) is 5.63 Å². The van der Waals surface area contributed by atoms with Crippen molar-refractivity contribution in [2.24, 2.45) is 0 Å². The van der Waals surface area contributed by atoms with Crippen LogP contribution in [0.25, 0.3) is 16.9 Å². The molecule has 1 aliphatic rings. The summed E-state index contributed by atoms with van der Waals surface area (Å²) in [6.45, 7) is 5.97. The predicted octanol–water partition coefficient (Wildman–Crippen LogP) is 3.01. The van der Waals surface area contributed by atoms with Crippen LogP contribution in [0.15, 0.2) is 34.0 Å². The molecule has 4 nitrogen and oxygen atoms in total. The zero-order valence-corrected chi connectivity index (χ0v) is 11.6. The minimum Gasteiger partial charge on any atom is -0.493 e. The molecule has 0 saturated carbocycles. The molecule has 0 saturated heterocycles. The van der Waals surface area contributed by atoms with Gasteiger partial charge in [0.1, 0.15) is 0 Å². The van der Waals surface area contributed by atoms with Gasteiger partial charge in [0.2, 0.25) is 0 Å². The van der Waals surface area contributed by atoms with Crippen molar-refractivity contribution in [3.63, 3.8) is 0 Å². The van der Waals surface area contributed by atoms with Crippen molar-refractivity contribution in [2.45, 2.75) is 6.92 Å². The van der Waals surface area contributed by atoms with Crippen molar-refractivity contribution in [1.82, 2.24) is 0 Å². The lowest BCUT2D eigenvalue weighted by atomic mass is 10.0. The summed E-state index contributed by atoms with van der Waals surface area (Å²) in [5, 5.41) is 0. The molecule has 1 heterocycles. The van der Waals surface area contributed by atoms with Gasteiger partial charge in [0.15, 0.2) is 17.3 Å². The molecular weight excluding hydrogens is 256 g/mol. The van der Waals surface area contributed by atoms with E-state index in [1.807, 2.05) is 19.1 Å². The summed E-state index contributed by atoms with van der Waals surface area (Å²) in [4.78, 5) is 11.7. The SMILES string of the molecule is C=C1c2ccc(OC)c(OC)c2-c2oc(=O)cc(C)c21. The van der Waals surface area contributed by atoms with Gasteiger partial charge in [0, 0.05) is 11.6 Å². The first-order chi connectivity index (χ1) is 9.58. The Morgan fingerprint density at radius 2 is 1.90 bits per heavy atom. The number of rotatable bonds is 2. The zero-order valence-electron chi connectivity index (χ0n) is 11.6. The van der Waals surface area contributed by atoms with Crippen molar-refractivity contribution in [2.75, 3.05) is 14.2 Å². The van der Waals surface area contributed by atoms with E-state index in [0.717, 1.165) is 27.8 Å².